The number of anilines is 1. The van der Waals surface area contributed by atoms with Crippen LogP contribution in [0.4, 0.5) is 5.69 Å². The molecule has 1 N–H and O–H groups in total. The molecule has 1 aliphatic rings. The van der Waals surface area contributed by atoms with Crippen LogP contribution in [0.5, 0.6) is 5.75 Å². The van der Waals surface area contributed by atoms with E-state index in [1.807, 2.05) is 57.2 Å². The molecule has 0 unspecified atom stereocenters. The van der Waals surface area contributed by atoms with Gasteiger partial charge in [-0.25, -0.2) is 8.42 Å². The molecule has 0 radical (unpaired) electrons. The average molecular weight is 417 g/mol. The molecule has 0 fully saturated rings. The zero-order valence-corrected chi connectivity index (χ0v) is 18.3. The minimum absolute atomic E-state index is 0.260. The van der Waals surface area contributed by atoms with Crippen LogP contribution in [-0.2, 0) is 14.8 Å². The van der Waals surface area contributed by atoms with Gasteiger partial charge in [0.1, 0.15) is 17.4 Å². The first-order valence-electron chi connectivity index (χ1n) is 9.62. The van der Waals surface area contributed by atoms with Crippen LogP contribution < -0.4 is 14.4 Å². The number of sulfonamides is 1. The Bertz CT molecular complexity index is 1000. The number of carbonyl (C=O) groups is 1. The van der Waals surface area contributed by atoms with Crippen LogP contribution in [0.3, 0.4) is 0 Å². The summed E-state index contributed by atoms with van der Waals surface area (Å²) in [5.74, 6) is 0.383. The maximum Gasteiger partial charge on any atom is 0.244 e. The molecule has 0 saturated heterocycles. The van der Waals surface area contributed by atoms with Crippen LogP contribution in [0, 0.1) is 6.92 Å². The number of amides is 1. The molecule has 1 aliphatic heterocycles. The monoisotopic (exact) mass is 416 g/mol. The third-order valence-corrected chi connectivity index (χ3v) is 6.31. The van der Waals surface area contributed by atoms with E-state index in [9.17, 15) is 13.2 Å². The van der Waals surface area contributed by atoms with Crippen LogP contribution in [0.2, 0.25) is 0 Å². The largest absolute Gasteiger partial charge is 0.487 e. The molecule has 1 amide bonds. The lowest BCUT2D eigenvalue weighted by molar-refractivity contribution is -0.123. The molecule has 0 aromatic heterocycles. The summed E-state index contributed by atoms with van der Waals surface area (Å²) in [7, 11) is -3.65. The summed E-state index contributed by atoms with van der Waals surface area (Å²) in [6.45, 7) is 7.48. The Morgan fingerprint density at radius 3 is 2.41 bits per heavy atom. The van der Waals surface area contributed by atoms with Gasteiger partial charge in [0.25, 0.3) is 0 Å². The van der Waals surface area contributed by atoms with Crippen LogP contribution in [0.15, 0.2) is 48.5 Å². The molecular formula is C22H28N2O4S. The van der Waals surface area contributed by atoms with E-state index < -0.39 is 21.7 Å². The van der Waals surface area contributed by atoms with Crippen molar-refractivity contribution < 1.29 is 17.9 Å². The zero-order valence-electron chi connectivity index (χ0n) is 17.5. The Morgan fingerprint density at radius 2 is 1.79 bits per heavy atom. The Balaban J connectivity index is 1.88. The summed E-state index contributed by atoms with van der Waals surface area (Å²) in [5, 5.41) is 3.04. The summed E-state index contributed by atoms with van der Waals surface area (Å²) in [5.41, 5.74) is 1.94. The lowest BCUT2D eigenvalue weighted by Gasteiger charge is -2.38. The summed E-state index contributed by atoms with van der Waals surface area (Å²) in [4.78, 5) is 13.1. The van der Waals surface area contributed by atoms with Crippen molar-refractivity contribution in [1.29, 1.82) is 0 Å². The van der Waals surface area contributed by atoms with Crippen LogP contribution >= 0.6 is 0 Å². The SMILES string of the molecule is Cc1ccc(N([C@H](C)C(=O)N[C@@H]2CC(C)(C)Oc3ccccc32)S(C)(=O)=O)cc1. The van der Waals surface area contributed by atoms with Crippen molar-refractivity contribution in [3.63, 3.8) is 0 Å². The molecule has 0 aliphatic carbocycles. The molecule has 7 heteroatoms. The second-order valence-electron chi connectivity index (χ2n) is 8.24. The minimum Gasteiger partial charge on any atom is -0.487 e. The maximum absolute atomic E-state index is 13.1. The second kappa shape index (κ2) is 7.71. The lowest BCUT2D eigenvalue weighted by Crippen LogP contribution is -2.50. The third kappa shape index (κ3) is 4.72. The first-order chi connectivity index (χ1) is 13.5. The first kappa shape index (κ1) is 21.2. The quantitative estimate of drug-likeness (QED) is 0.809. The number of hydrogen-bond donors (Lipinski definition) is 1. The highest BCUT2D eigenvalue weighted by atomic mass is 32.2. The second-order valence-corrected chi connectivity index (χ2v) is 10.1. The van der Waals surface area contributed by atoms with Crippen LogP contribution in [0.1, 0.15) is 44.4 Å². The summed E-state index contributed by atoms with van der Waals surface area (Å²) < 4.78 is 32.1. The van der Waals surface area contributed by atoms with Crippen molar-refractivity contribution in [1.82, 2.24) is 5.32 Å². The number of nitrogens with zero attached hydrogens (tertiary/aromatic N) is 1. The van der Waals surface area contributed by atoms with Gasteiger partial charge in [0, 0.05) is 12.0 Å². The number of carbonyl (C=O) groups excluding carboxylic acids is 1. The highest BCUT2D eigenvalue weighted by molar-refractivity contribution is 7.92. The highest BCUT2D eigenvalue weighted by Gasteiger charge is 2.36. The van der Waals surface area contributed by atoms with Crippen molar-refractivity contribution in [2.45, 2.75) is 51.8 Å². The van der Waals surface area contributed by atoms with E-state index in [4.69, 9.17) is 4.74 Å². The number of fused-ring (bicyclic) bond motifs is 1. The number of aryl methyl sites for hydroxylation is 1. The van der Waals surface area contributed by atoms with Crippen LogP contribution in [-0.4, -0.2) is 32.2 Å². The Hall–Kier alpha value is -2.54. The number of benzene rings is 2. The van der Waals surface area contributed by atoms with Crippen molar-refractivity contribution in [3.8, 4) is 5.75 Å². The summed E-state index contributed by atoms with van der Waals surface area (Å²) >= 11 is 0. The standard InChI is InChI=1S/C22H28N2O4S/c1-15-10-12-17(13-11-15)24(29(5,26)27)16(2)21(25)23-19-14-22(3,4)28-20-9-7-6-8-18(19)20/h6-13,16,19H,14H2,1-5H3,(H,23,25)/t16-,19-/m1/s1. The third-order valence-electron chi connectivity index (χ3n) is 5.07. The molecule has 6 nitrogen and oxygen atoms in total. The van der Waals surface area contributed by atoms with Gasteiger partial charge in [0.2, 0.25) is 15.9 Å². The van der Waals surface area contributed by atoms with E-state index in [2.05, 4.69) is 5.32 Å². The smallest absolute Gasteiger partial charge is 0.244 e. The van der Waals surface area contributed by atoms with Crippen molar-refractivity contribution in [3.05, 3.63) is 59.7 Å². The number of nitrogens with one attached hydrogen (secondary N) is 1. The topological polar surface area (TPSA) is 75.7 Å². The average Bonchev–Trinajstić information content (AvgIpc) is 2.61. The minimum atomic E-state index is -3.65. The predicted octanol–water partition coefficient (Wildman–Crippen LogP) is 3.57. The number of para-hydroxylation sites is 1. The fourth-order valence-electron chi connectivity index (χ4n) is 3.72. The molecule has 0 spiro atoms. The lowest BCUT2D eigenvalue weighted by atomic mass is 9.89. The van der Waals surface area contributed by atoms with Gasteiger partial charge in [0.15, 0.2) is 0 Å². The van der Waals surface area contributed by atoms with Gasteiger partial charge in [-0.05, 0) is 45.9 Å². The Labute approximate surface area is 172 Å². The Kier molecular flexibility index (Phi) is 5.63. The van der Waals surface area contributed by atoms with Crippen molar-refractivity contribution >= 4 is 21.6 Å². The number of ether oxygens (including phenoxy) is 1. The van der Waals surface area contributed by atoms with Crippen molar-refractivity contribution in [2.24, 2.45) is 0 Å². The molecule has 2 aromatic rings. The van der Waals surface area contributed by atoms with Gasteiger partial charge in [-0.15, -0.1) is 0 Å². The molecule has 0 saturated carbocycles. The maximum atomic E-state index is 13.1. The number of rotatable bonds is 5. The van der Waals surface area contributed by atoms with Gasteiger partial charge in [0.05, 0.1) is 18.0 Å². The van der Waals surface area contributed by atoms with Crippen LogP contribution in [0.25, 0.3) is 0 Å². The van der Waals surface area contributed by atoms with Gasteiger partial charge in [-0.2, -0.15) is 0 Å². The molecule has 2 aromatic carbocycles. The molecule has 3 rings (SSSR count). The Morgan fingerprint density at radius 1 is 1.17 bits per heavy atom. The fraction of sp³-hybridized carbons (Fsp3) is 0.409. The van der Waals surface area contributed by atoms with Gasteiger partial charge < -0.3 is 10.1 Å². The zero-order chi connectivity index (χ0) is 21.4. The molecular weight excluding hydrogens is 388 g/mol. The molecule has 29 heavy (non-hydrogen) atoms. The first-order valence-corrected chi connectivity index (χ1v) is 11.5. The van der Waals surface area contributed by atoms with Gasteiger partial charge in [-0.1, -0.05) is 35.9 Å². The molecule has 2 atom stereocenters. The van der Waals surface area contributed by atoms with E-state index in [0.29, 0.717) is 12.1 Å². The van der Waals surface area contributed by atoms with E-state index >= 15 is 0 Å². The van der Waals surface area contributed by atoms with Gasteiger partial charge >= 0.3 is 0 Å². The predicted molar refractivity (Wildman–Crippen MR) is 115 cm³/mol. The van der Waals surface area contributed by atoms with Gasteiger partial charge in [-0.3, -0.25) is 9.10 Å². The fourth-order valence-corrected chi connectivity index (χ4v) is 4.90. The van der Waals surface area contributed by atoms with Crippen molar-refractivity contribution in [2.75, 3.05) is 10.6 Å². The van der Waals surface area contributed by atoms with E-state index in [1.165, 1.54) is 0 Å². The molecule has 1 heterocycles. The highest BCUT2D eigenvalue weighted by Crippen LogP contribution is 2.39. The summed E-state index contributed by atoms with van der Waals surface area (Å²) in [6, 6.07) is 13.5. The van der Waals surface area contributed by atoms with E-state index in [-0.39, 0.29) is 11.9 Å². The number of hydrogen-bond acceptors (Lipinski definition) is 4. The molecule has 156 valence electrons. The summed E-state index contributed by atoms with van der Waals surface area (Å²) in [6.07, 6.45) is 1.70. The van der Waals surface area contributed by atoms with E-state index in [1.54, 1.807) is 19.1 Å². The molecule has 0 bridgehead atoms. The normalized spacial score (nSPS) is 18.9. The van der Waals surface area contributed by atoms with E-state index in [0.717, 1.165) is 27.4 Å².